The number of aromatic nitrogens is 2. The summed E-state index contributed by atoms with van der Waals surface area (Å²) in [5, 5.41) is 9.85. The molecule has 18 heavy (non-hydrogen) atoms. The molecule has 1 amide bonds. The first-order chi connectivity index (χ1) is 8.68. The highest BCUT2D eigenvalue weighted by atomic mass is 16.6. The standard InChI is InChI=1S/C12H20N4O2/c1-8(9-6-4-2-3-5-7-9)14-12(17)10-11(13)16-18-15-10/h8-9H,2-7H2,1H3,(H2,13,16)(H,14,17)/t8-/m0/s1. The first-order valence-electron chi connectivity index (χ1n) is 6.57. The van der Waals surface area contributed by atoms with E-state index >= 15 is 0 Å². The van der Waals surface area contributed by atoms with E-state index in [0.717, 1.165) is 0 Å². The Morgan fingerprint density at radius 1 is 1.33 bits per heavy atom. The summed E-state index contributed by atoms with van der Waals surface area (Å²) in [7, 11) is 0. The number of nitrogens with zero attached hydrogens (tertiary/aromatic N) is 2. The third-order valence-electron chi connectivity index (χ3n) is 3.69. The van der Waals surface area contributed by atoms with E-state index in [9.17, 15) is 4.79 Å². The molecule has 1 saturated carbocycles. The Balaban J connectivity index is 1.92. The van der Waals surface area contributed by atoms with Crippen LogP contribution in [0.2, 0.25) is 0 Å². The number of carbonyl (C=O) groups is 1. The Morgan fingerprint density at radius 2 is 2.00 bits per heavy atom. The van der Waals surface area contributed by atoms with Gasteiger partial charge in [-0.2, -0.15) is 0 Å². The molecule has 0 aliphatic heterocycles. The Hall–Kier alpha value is -1.59. The van der Waals surface area contributed by atoms with Crippen molar-refractivity contribution in [3.8, 4) is 0 Å². The van der Waals surface area contributed by atoms with Crippen LogP contribution in [0, 0.1) is 5.92 Å². The van der Waals surface area contributed by atoms with E-state index in [1.807, 2.05) is 6.92 Å². The van der Waals surface area contributed by atoms with Crippen molar-refractivity contribution >= 4 is 11.7 Å². The summed E-state index contributed by atoms with van der Waals surface area (Å²) in [5.41, 5.74) is 5.57. The largest absolute Gasteiger partial charge is 0.379 e. The number of amides is 1. The molecular weight excluding hydrogens is 232 g/mol. The average Bonchev–Trinajstić information content (AvgIpc) is 2.63. The van der Waals surface area contributed by atoms with Gasteiger partial charge in [-0.25, -0.2) is 4.63 Å². The predicted octanol–water partition coefficient (Wildman–Crippen LogP) is 1.74. The van der Waals surface area contributed by atoms with E-state index in [1.54, 1.807) is 0 Å². The molecule has 0 aromatic carbocycles. The lowest BCUT2D eigenvalue weighted by molar-refractivity contribution is 0.0914. The molecule has 3 N–H and O–H groups in total. The molecule has 0 unspecified atom stereocenters. The molecule has 0 spiro atoms. The van der Waals surface area contributed by atoms with Crippen LogP contribution in [0.15, 0.2) is 4.63 Å². The van der Waals surface area contributed by atoms with Gasteiger partial charge in [-0.05, 0) is 36.0 Å². The predicted molar refractivity (Wildman–Crippen MR) is 66.8 cm³/mol. The number of hydrogen-bond donors (Lipinski definition) is 2. The van der Waals surface area contributed by atoms with Gasteiger partial charge in [0.1, 0.15) is 0 Å². The number of nitrogen functional groups attached to an aromatic ring is 1. The fourth-order valence-electron chi connectivity index (χ4n) is 2.56. The van der Waals surface area contributed by atoms with Gasteiger partial charge >= 0.3 is 0 Å². The molecule has 1 aromatic rings. The molecule has 1 aromatic heterocycles. The molecule has 6 nitrogen and oxygen atoms in total. The number of hydrogen-bond acceptors (Lipinski definition) is 5. The zero-order chi connectivity index (χ0) is 13.0. The van der Waals surface area contributed by atoms with E-state index in [4.69, 9.17) is 5.73 Å². The minimum absolute atomic E-state index is 0.0422. The molecule has 1 aliphatic rings. The molecule has 1 heterocycles. The number of carbonyl (C=O) groups excluding carboxylic acids is 1. The molecule has 1 fully saturated rings. The van der Waals surface area contributed by atoms with Crippen molar-refractivity contribution in [1.29, 1.82) is 0 Å². The lowest BCUT2D eigenvalue weighted by atomic mass is 9.93. The van der Waals surface area contributed by atoms with Gasteiger partial charge < -0.3 is 11.1 Å². The molecular formula is C12H20N4O2. The maximum Gasteiger partial charge on any atom is 0.277 e. The summed E-state index contributed by atoms with van der Waals surface area (Å²) in [6.45, 7) is 2.04. The van der Waals surface area contributed by atoms with Crippen LogP contribution >= 0.6 is 0 Å². The Labute approximate surface area is 106 Å². The Bertz CT molecular complexity index is 397. The van der Waals surface area contributed by atoms with Gasteiger partial charge in [0.05, 0.1) is 0 Å². The Morgan fingerprint density at radius 3 is 2.56 bits per heavy atom. The normalized spacial score (nSPS) is 19.2. The minimum atomic E-state index is -0.300. The molecule has 100 valence electrons. The summed E-state index contributed by atoms with van der Waals surface area (Å²) >= 11 is 0. The number of nitrogens with two attached hydrogens (primary N) is 1. The van der Waals surface area contributed by atoms with Crippen molar-refractivity contribution in [3.63, 3.8) is 0 Å². The zero-order valence-electron chi connectivity index (χ0n) is 10.7. The van der Waals surface area contributed by atoms with Crippen molar-refractivity contribution in [1.82, 2.24) is 15.6 Å². The highest BCUT2D eigenvalue weighted by Gasteiger charge is 2.23. The fourth-order valence-corrected chi connectivity index (χ4v) is 2.56. The van der Waals surface area contributed by atoms with Gasteiger partial charge in [-0.3, -0.25) is 4.79 Å². The topological polar surface area (TPSA) is 94.0 Å². The first kappa shape index (κ1) is 12.9. The van der Waals surface area contributed by atoms with E-state index < -0.39 is 0 Å². The average molecular weight is 252 g/mol. The molecule has 0 radical (unpaired) electrons. The third kappa shape index (κ3) is 3.00. The summed E-state index contributed by atoms with van der Waals surface area (Å²) in [6, 6.07) is 0.131. The number of nitrogens with one attached hydrogen (secondary N) is 1. The van der Waals surface area contributed by atoms with Crippen molar-refractivity contribution in [2.45, 2.75) is 51.5 Å². The van der Waals surface area contributed by atoms with Crippen LogP contribution < -0.4 is 11.1 Å². The second-order valence-electron chi connectivity index (χ2n) is 5.01. The van der Waals surface area contributed by atoms with E-state index in [-0.39, 0.29) is 23.5 Å². The molecule has 1 aliphatic carbocycles. The highest BCUT2D eigenvalue weighted by Crippen LogP contribution is 2.25. The van der Waals surface area contributed by atoms with Crippen LogP contribution in [0.1, 0.15) is 55.9 Å². The third-order valence-corrected chi connectivity index (χ3v) is 3.69. The van der Waals surface area contributed by atoms with Crippen LogP contribution in [-0.2, 0) is 0 Å². The van der Waals surface area contributed by atoms with Crippen molar-refractivity contribution in [3.05, 3.63) is 5.69 Å². The second-order valence-corrected chi connectivity index (χ2v) is 5.01. The summed E-state index contributed by atoms with van der Waals surface area (Å²) in [4.78, 5) is 11.9. The van der Waals surface area contributed by atoms with Gasteiger partial charge in [0.2, 0.25) is 11.5 Å². The smallest absolute Gasteiger partial charge is 0.277 e. The molecule has 0 saturated heterocycles. The van der Waals surface area contributed by atoms with Gasteiger partial charge in [0.15, 0.2) is 0 Å². The first-order valence-corrected chi connectivity index (χ1v) is 6.57. The van der Waals surface area contributed by atoms with Gasteiger partial charge in [0, 0.05) is 6.04 Å². The molecule has 1 atom stereocenters. The maximum absolute atomic E-state index is 11.9. The van der Waals surface area contributed by atoms with Crippen LogP contribution in [0.5, 0.6) is 0 Å². The monoisotopic (exact) mass is 252 g/mol. The fraction of sp³-hybridized carbons (Fsp3) is 0.750. The second kappa shape index (κ2) is 5.84. The highest BCUT2D eigenvalue weighted by molar-refractivity contribution is 5.96. The zero-order valence-corrected chi connectivity index (χ0v) is 10.7. The maximum atomic E-state index is 11.9. The van der Waals surface area contributed by atoms with E-state index in [2.05, 4.69) is 20.3 Å². The summed E-state index contributed by atoms with van der Waals surface area (Å²) < 4.78 is 4.43. The van der Waals surface area contributed by atoms with E-state index in [0.29, 0.717) is 5.92 Å². The summed E-state index contributed by atoms with van der Waals surface area (Å²) in [5.74, 6) is 0.281. The van der Waals surface area contributed by atoms with Gasteiger partial charge in [-0.1, -0.05) is 25.7 Å². The SMILES string of the molecule is C[C@H](NC(=O)c1nonc1N)C1CCCCCC1. The summed E-state index contributed by atoms with van der Waals surface area (Å²) in [6.07, 6.45) is 7.45. The van der Waals surface area contributed by atoms with Crippen molar-refractivity contribution < 1.29 is 9.42 Å². The minimum Gasteiger partial charge on any atom is -0.379 e. The quantitative estimate of drug-likeness (QED) is 0.799. The van der Waals surface area contributed by atoms with Crippen LogP contribution in [0.4, 0.5) is 5.82 Å². The van der Waals surface area contributed by atoms with Crippen molar-refractivity contribution in [2.75, 3.05) is 5.73 Å². The van der Waals surface area contributed by atoms with Gasteiger partial charge in [-0.15, -0.1) is 0 Å². The van der Waals surface area contributed by atoms with Crippen molar-refractivity contribution in [2.24, 2.45) is 5.92 Å². The van der Waals surface area contributed by atoms with E-state index in [1.165, 1.54) is 38.5 Å². The number of anilines is 1. The molecule has 2 rings (SSSR count). The Kier molecular flexibility index (Phi) is 4.17. The van der Waals surface area contributed by atoms with Crippen LogP contribution in [-0.4, -0.2) is 22.3 Å². The molecule has 6 heteroatoms. The lowest BCUT2D eigenvalue weighted by Crippen LogP contribution is -2.38. The molecule has 0 bridgehead atoms. The van der Waals surface area contributed by atoms with Gasteiger partial charge in [0.25, 0.3) is 5.91 Å². The number of rotatable bonds is 3. The lowest BCUT2D eigenvalue weighted by Gasteiger charge is -2.23. The van der Waals surface area contributed by atoms with Crippen LogP contribution in [0.3, 0.4) is 0 Å². The van der Waals surface area contributed by atoms with Crippen LogP contribution in [0.25, 0.3) is 0 Å².